The first kappa shape index (κ1) is 28.9. The van der Waals surface area contributed by atoms with E-state index in [2.05, 4.69) is 50.5 Å². The monoisotopic (exact) mass is 727 g/mol. The molecule has 0 fully saturated rings. The second-order valence-electron chi connectivity index (χ2n) is 8.59. The fourth-order valence-electron chi connectivity index (χ4n) is 3.76. The summed E-state index contributed by atoms with van der Waals surface area (Å²) in [7, 11) is 0. The maximum absolute atomic E-state index is 13.4. The Morgan fingerprint density at radius 2 is 1.92 bits per heavy atom. The van der Waals surface area contributed by atoms with Gasteiger partial charge in [-0.25, -0.2) is 4.98 Å². The number of fused-ring (bicyclic) bond motifs is 1. The van der Waals surface area contributed by atoms with E-state index in [9.17, 15) is 4.79 Å². The highest BCUT2D eigenvalue weighted by Crippen LogP contribution is 2.35. The van der Waals surface area contributed by atoms with Gasteiger partial charge in [0.25, 0.3) is 5.56 Å². The van der Waals surface area contributed by atoms with Crippen molar-refractivity contribution in [3.8, 4) is 11.5 Å². The second kappa shape index (κ2) is 12.8. The van der Waals surface area contributed by atoms with Crippen LogP contribution in [0.5, 0.6) is 11.5 Å². The predicted molar refractivity (Wildman–Crippen MR) is 167 cm³/mol. The van der Waals surface area contributed by atoms with E-state index in [0.717, 1.165) is 25.6 Å². The van der Waals surface area contributed by atoms with Gasteiger partial charge in [-0.05, 0) is 84.0 Å². The number of rotatable bonds is 9. The van der Waals surface area contributed by atoms with Crippen molar-refractivity contribution in [2.24, 2.45) is 5.10 Å². The Balaban J connectivity index is 1.71. The average Bonchev–Trinajstić information content (AvgIpc) is 2.88. The first-order chi connectivity index (χ1) is 18.2. The van der Waals surface area contributed by atoms with Crippen LogP contribution < -0.4 is 15.0 Å². The Morgan fingerprint density at radius 1 is 1.13 bits per heavy atom. The molecule has 0 saturated carbocycles. The first-order valence-electron chi connectivity index (χ1n) is 12.0. The molecule has 6 nitrogen and oxygen atoms in total. The second-order valence-corrected chi connectivity index (χ2v) is 11.5. The quantitative estimate of drug-likeness (QED) is 0.128. The van der Waals surface area contributed by atoms with Gasteiger partial charge in [0.2, 0.25) is 0 Å². The molecule has 0 bridgehead atoms. The van der Waals surface area contributed by atoms with Crippen LogP contribution in [0.2, 0.25) is 10.0 Å². The predicted octanol–water partition coefficient (Wildman–Crippen LogP) is 8.44. The zero-order valence-electron chi connectivity index (χ0n) is 21.0. The fraction of sp³-hybridized carbons (Fsp3) is 0.250. The molecule has 1 aromatic heterocycles. The van der Waals surface area contributed by atoms with Gasteiger partial charge in [0, 0.05) is 26.0 Å². The Hall–Kier alpha value is -2.14. The molecule has 10 heteroatoms. The lowest BCUT2D eigenvalue weighted by Crippen LogP contribution is -2.23. The van der Waals surface area contributed by atoms with Crippen LogP contribution in [-0.4, -0.2) is 22.5 Å². The van der Waals surface area contributed by atoms with Gasteiger partial charge in [-0.15, -0.1) is 0 Å². The minimum atomic E-state index is -0.220. The minimum absolute atomic E-state index is 0.0440. The zero-order chi connectivity index (χ0) is 27.4. The number of ether oxygens (including phenoxy) is 2. The molecule has 1 heterocycles. The molecule has 0 N–H and O–H groups in total. The standard InChI is InChI=1S/C28H25BrCl2IN3O3/c1-4-16(3)27-34-24-9-7-19(29)12-21(24)28(36)35(27)33-14-17-10-23(32)26(25(11-17)37-5-2)38-15-18-6-8-20(30)13-22(18)31/h6-14,16H,4-5,15H2,1-3H3/t16-/m0/s1. The number of aromatic nitrogens is 2. The lowest BCUT2D eigenvalue weighted by molar-refractivity contribution is 0.267. The molecule has 0 spiro atoms. The molecule has 0 saturated heterocycles. The molecular formula is C28H25BrCl2IN3O3. The maximum Gasteiger partial charge on any atom is 0.282 e. The zero-order valence-corrected chi connectivity index (χ0v) is 26.2. The molecular weight excluding hydrogens is 704 g/mol. The Kier molecular flexibility index (Phi) is 9.73. The number of hydrogen-bond acceptors (Lipinski definition) is 5. The van der Waals surface area contributed by atoms with E-state index in [0.29, 0.717) is 44.9 Å². The normalized spacial score (nSPS) is 12.3. The van der Waals surface area contributed by atoms with Crippen molar-refractivity contribution < 1.29 is 9.47 Å². The molecule has 1 atom stereocenters. The molecule has 0 radical (unpaired) electrons. The van der Waals surface area contributed by atoms with Crippen LogP contribution in [0.4, 0.5) is 0 Å². The summed E-state index contributed by atoms with van der Waals surface area (Å²) in [5.74, 6) is 1.83. The van der Waals surface area contributed by atoms with Crippen LogP contribution in [0.1, 0.15) is 50.1 Å². The van der Waals surface area contributed by atoms with Gasteiger partial charge in [-0.1, -0.05) is 59.0 Å². The summed E-state index contributed by atoms with van der Waals surface area (Å²) in [6.07, 6.45) is 2.46. The van der Waals surface area contributed by atoms with E-state index in [1.165, 1.54) is 4.68 Å². The Morgan fingerprint density at radius 3 is 2.63 bits per heavy atom. The molecule has 0 aliphatic carbocycles. The summed E-state index contributed by atoms with van der Waals surface area (Å²) < 4.78 is 15.0. The van der Waals surface area contributed by atoms with E-state index in [4.69, 9.17) is 37.7 Å². The summed E-state index contributed by atoms with van der Waals surface area (Å²) in [5.41, 5.74) is 2.00. The first-order valence-corrected chi connectivity index (χ1v) is 14.6. The molecule has 0 aliphatic rings. The summed E-state index contributed by atoms with van der Waals surface area (Å²) >= 11 is 18.0. The Labute approximate surface area is 253 Å². The number of hydrogen-bond donors (Lipinski definition) is 0. The van der Waals surface area contributed by atoms with E-state index in [1.54, 1.807) is 24.4 Å². The van der Waals surface area contributed by atoms with Crippen LogP contribution in [-0.2, 0) is 6.61 Å². The number of nitrogens with zero attached hydrogens (tertiary/aromatic N) is 3. The highest BCUT2D eigenvalue weighted by atomic mass is 127. The summed E-state index contributed by atoms with van der Waals surface area (Å²) in [4.78, 5) is 18.2. The van der Waals surface area contributed by atoms with Crippen molar-refractivity contribution in [1.82, 2.24) is 9.66 Å². The number of halogens is 4. The molecule has 4 rings (SSSR count). The minimum Gasteiger partial charge on any atom is -0.490 e. The topological polar surface area (TPSA) is 65.7 Å². The van der Waals surface area contributed by atoms with Crippen molar-refractivity contribution in [2.75, 3.05) is 6.61 Å². The summed E-state index contributed by atoms with van der Waals surface area (Å²) in [5, 5.41) is 6.18. The Bertz CT molecular complexity index is 1580. The van der Waals surface area contributed by atoms with Gasteiger partial charge in [-0.3, -0.25) is 4.79 Å². The van der Waals surface area contributed by atoms with Gasteiger partial charge in [0.05, 0.1) is 27.3 Å². The highest BCUT2D eigenvalue weighted by Gasteiger charge is 2.17. The molecule has 198 valence electrons. The fourth-order valence-corrected chi connectivity index (χ4v) is 5.36. The smallest absolute Gasteiger partial charge is 0.282 e. The van der Waals surface area contributed by atoms with Crippen molar-refractivity contribution >= 4 is 78.8 Å². The van der Waals surface area contributed by atoms with Gasteiger partial charge in [0.1, 0.15) is 12.4 Å². The van der Waals surface area contributed by atoms with Gasteiger partial charge in [0.15, 0.2) is 11.5 Å². The summed E-state index contributed by atoms with van der Waals surface area (Å²) in [6.45, 7) is 6.71. The summed E-state index contributed by atoms with van der Waals surface area (Å²) in [6, 6.07) is 14.5. The van der Waals surface area contributed by atoms with E-state index >= 15 is 0 Å². The van der Waals surface area contributed by atoms with Crippen molar-refractivity contribution in [3.63, 3.8) is 0 Å². The molecule has 3 aromatic carbocycles. The van der Waals surface area contributed by atoms with Crippen LogP contribution in [0.3, 0.4) is 0 Å². The third-order valence-electron chi connectivity index (χ3n) is 5.93. The van der Waals surface area contributed by atoms with Gasteiger partial charge >= 0.3 is 0 Å². The van der Waals surface area contributed by atoms with Crippen LogP contribution >= 0.6 is 61.7 Å². The van der Waals surface area contributed by atoms with Crippen LogP contribution in [0.15, 0.2) is 62.9 Å². The maximum atomic E-state index is 13.4. The number of benzene rings is 3. The lowest BCUT2D eigenvalue weighted by atomic mass is 10.1. The van der Waals surface area contributed by atoms with Crippen molar-refractivity contribution in [2.45, 2.75) is 39.7 Å². The molecule has 38 heavy (non-hydrogen) atoms. The van der Waals surface area contributed by atoms with Crippen molar-refractivity contribution in [3.05, 3.63) is 93.9 Å². The third-order valence-corrected chi connectivity index (χ3v) is 7.81. The van der Waals surface area contributed by atoms with E-state index in [-0.39, 0.29) is 18.1 Å². The van der Waals surface area contributed by atoms with E-state index < -0.39 is 0 Å². The molecule has 0 unspecified atom stereocenters. The van der Waals surface area contributed by atoms with Crippen molar-refractivity contribution in [1.29, 1.82) is 0 Å². The highest BCUT2D eigenvalue weighted by molar-refractivity contribution is 14.1. The van der Waals surface area contributed by atoms with Crippen LogP contribution in [0.25, 0.3) is 10.9 Å². The van der Waals surface area contributed by atoms with Gasteiger partial charge in [-0.2, -0.15) is 9.78 Å². The third kappa shape index (κ3) is 6.52. The average molecular weight is 729 g/mol. The molecule has 0 amide bonds. The van der Waals surface area contributed by atoms with E-state index in [1.807, 2.05) is 44.2 Å². The SMILES string of the molecule is CCOc1cc(C=Nn2c([C@@H](C)CC)nc3ccc(Br)cc3c2=O)cc(I)c1OCc1ccc(Cl)cc1Cl. The largest absolute Gasteiger partial charge is 0.490 e. The van der Waals surface area contributed by atoms with Crippen LogP contribution in [0, 0.1) is 3.57 Å². The van der Waals surface area contributed by atoms with Gasteiger partial charge < -0.3 is 9.47 Å². The molecule has 0 aliphatic heterocycles. The lowest BCUT2D eigenvalue weighted by Gasteiger charge is -2.16. The molecule has 4 aromatic rings.